The minimum absolute atomic E-state index is 0.0103. The van der Waals surface area contributed by atoms with E-state index in [-0.39, 0.29) is 17.0 Å². The number of aromatic carboxylic acids is 1. The van der Waals surface area contributed by atoms with Crippen LogP contribution in [-0.2, 0) is 4.79 Å². The molecule has 166 valence electrons. The number of phenolic OH excluding ortho intramolecular Hbond substituents is 1. The van der Waals surface area contributed by atoms with Crippen LogP contribution in [-0.4, -0.2) is 33.5 Å². The molecule has 8 nitrogen and oxygen atoms in total. The SMILES string of the molecule is CC1=NN(c2cccc(C(=O)O)c2)C(=O)/C1=N\Nc1cccc(-c2ccc(C)c(C)c2)c1O. The summed E-state index contributed by atoms with van der Waals surface area (Å²) in [4.78, 5) is 24.1. The van der Waals surface area contributed by atoms with Crippen molar-refractivity contribution in [1.29, 1.82) is 0 Å². The Bertz CT molecular complexity index is 1340. The number of carboxylic acids is 1. The number of benzene rings is 3. The van der Waals surface area contributed by atoms with Crippen molar-refractivity contribution in [2.45, 2.75) is 20.8 Å². The highest BCUT2D eigenvalue weighted by Crippen LogP contribution is 2.36. The van der Waals surface area contributed by atoms with Gasteiger partial charge in [0.1, 0.15) is 5.75 Å². The summed E-state index contributed by atoms with van der Waals surface area (Å²) in [6, 6.07) is 17.1. The maximum absolute atomic E-state index is 12.9. The lowest BCUT2D eigenvalue weighted by Gasteiger charge is -2.12. The molecule has 3 aromatic rings. The van der Waals surface area contributed by atoms with Crippen molar-refractivity contribution in [1.82, 2.24) is 0 Å². The van der Waals surface area contributed by atoms with Crippen LogP contribution in [0, 0.1) is 13.8 Å². The summed E-state index contributed by atoms with van der Waals surface area (Å²) in [5.41, 5.74) is 7.67. The molecule has 0 bridgehead atoms. The number of phenols is 1. The molecule has 4 rings (SSSR count). The minimum Gasteiger partial charge on any atom is -0.505 e. The Kier molecular flexibility index (Phi) is 5.66. The number of carbonyl (C=O) groups excluding carboxylic acids is 1. The molecule has 0 fully saturated rings. The Morgan fingerprint density at radius 3 is 2.48 bits per heavy atom. The monoisotopic (exact) mass is 442 g/mol. The maximum Gasteiger partial charge on any atom is 0.335 e. The van der Waals surface area contributed by atoms with E-state index in [9.17, 15) is 19.8 Å². The predicted octanol–water partition coefficient (Wildman–Crippen LogP) is 4.56. The smallest absolute Gasteiger partial charge is 0.335 e. The number of hydrogen-bond donors (Lipinski definition) is 3. The van der Waals surface area contributed by atoms with Gasteiger partial charge in [0.2, 0.25) is 0 Å². The number of amides is 1. The topological polar surface area (TPSA) is 115 Å². The van der Waals surface area contributed by atoms with Gasteiger partial charge in [0.05, 0.1) is 22.6 Å². The molecule has 1 heterocycles. The van der Waals surface area contributed by atoms with E-state index >= 15 is 0 Å². The fraction of sp³-hybridized carbons (Fsp3) is 0.120. The Morgan fingerprint density at radius 1 is 1.00 bits per heavy atom. The molecule has 0 atom stereocenters. The zero-order chi connectivity index (χ0) is 23.7. The van der Waals surface area contributed by atoms with Gasteiger partial charge in [-0.25, -0.2) is 4.79 Å². The largest absolute Gasteiger partial charge is 0.505 e. The summed E-state index contributed by atoms with van der Waals surface area (Å²) < 4.78 is 0. The number of carboxylic acid groups (broad SMARTS) is 1. The Balaban J connectivity index is 1.60. The van der Waals surface area contributed by atoms with E-state index in [1.54, 1.807) is 31.2 Å². The first kappa shape index (κ1) is 21.8. The average molecular weight is 442 g/mol. The molecule has 3 N–H and O–H groups in total. The molecule has 0 saturated heterocycles. The van der Waals surface area contributed by atoms with Crippen LogP contribution in [0.5, 0.6) is 5.75 Å². The third kappa shape index (κ3) is 4.18. The molecule has 33 heavy (non-hydrogen) atoms. The molecule has 0 unspecified atom stereocenters. The molecule has 8 heteroatoms. The first-order chi connectivity index (χ1) is 15.8. The summed E-state index contributed by atoms with van der Waals surface area (Å²) in [5.74, 6) is -1.60. The summed E-state index contributed by atoms with van der Waals surface area (Å²) >= 11 is 0. The first-order valence-electron chi connectivity index (χ1n) is 10.2. The molecule has 1 aliphatic heterocycles. The van der Waals surface area contributed by atoms with Crippen LogP contribution in [0.4, 0.5) is 11.4 Å². The van der Waals surface area contributed by atoms with E-state index in [0.29, 0.717) is 22.6 Å². The number of hydrazone groups is 2. The molecule has 0 aliphatic carbocycles. The third-order valence-corrected chi connectivity index (χ3v) is 5.47. The van der Waals surface area contributed by atoms with Gasteiger partial charge in [-0.1, -0.05) is 36.4 Å². The van der Waals surface area contributed by atoms with Gasteiger partial charge in [-0.15, -0.1) is 0 Å². The molecule has 0 spiro atoms. The van der Waals surface area contributed by atoms with E-state index in [1.165, 1.54) is 12.1 Å². The molecular formula is C25H22N4O4. The van der Waals surface area contributed by atoms with Crippen molar-refractivity contribution < 1.29 is 19.8 Å². The zero-order valence-electron chi connectivity index (χ0n) is 18.3. The Labute approximate surface area is 190 Å². The van der Waals surface area contributed by atoms with Crippen molar-refractivity contribution in [2.75, 3.05) is 10.4 Å². The number of carbonyl (C=O) groups is 2. The molecule has 0 radical (unpaired) electrons. The molecule has 3 aromatic carbocycles. The Hall–Kier alpha value is -4.46. The molecular weight excluding hydrogens is 420 g/mol. The highest BCUT2D eigenvalue weighted by molar-refractivity contribution is 6.71. The molecule has 0 aromatic heterocycles. The van der Waals surface area contributed by atoms with Gasteiger partial charge in [0.25, 0.3) is 0 Å². The number of anilines is 2. The number of aryl methyl sites for hydroxylation is 2. The first-order valence-corrected chi connectivity index (χ1v) is 10.2. The summed E-state index contributed by atoms with van der Waals surface area (Å²) in [6.07, 6.45) is 0. The predicted molar refractivity (Wildman–Crippen MR) is 128 cm³/mol. The van der Waals surface area contributed by atoms with Gasteiger partial charge in [0, 0.05) is 5.56 Å². The molecule has 0 saturated carbocycles. The second-order valence-electron chi connectivity index (χ2n) is 7.73. The lowest BCUT2D eigenvalue weighted by molar-refractivity contribution is -0.112. The fourth-order valence-corrected chi connectivity index (χ4v) is 3.46. The van der Waals surface area contributed by atoms with Gasteiger partial charge >= 0.3 is 11.9 Å². The second kappa shape index (κ2) is 8.58. The van der Waals surface area contributed by atoms with E-state index in [1.807, 2.05) is 38.1 Å². The number of hydrogen-bond acceptors (Lipinski definition) is 6. The normalized spacial score (nSPS) is 14.5. The third-order valence-electron chi connectivity index (χ3n) is 5.47. The quantitative estimate of drug-likeness (QED) is 0.396. The van der Waals surface area contributed by atoms with Crippen LogP contribution >= 0.6 is 0 Å². The van der Waals surface area contributed by atoms with Crippen LogP contribution < -0.4 is 10.4 Å². The number of nitrogens with one attached hydrogen (secondary N) is 1. The van der Waals surface area contributed by atoms with E-state index in [2.05, 4.69) is 15.6 Å². The van der Waals surface area contributed by atoms with Crippen molar-refractivity contribution >= 4 is 34.7 Å². The van der Waals surface area contributed by atoms with E-state index in [0.717, 1.165) is 21.7 Å². The molecule has 1 amide bonds. The zero-order valence-corrected chi connectivity index (χ0v) is 18.3. The minimum atomic E-state index is -1.10. The van der Waals surface area contributed by atoms with Crippen LogP contribution in [0.1, 0.15) is 28.4 Å². The lowest BCUT2D eigenvalue weighted by atomic mass is 9.99. The summed E-state index contributed by atoms with van der Waals surface area (Å²) in [5, 5.41) is 29.5. The fourth-order valence-electron chi connectivity index (χ4n) is 3.46. The summed E-state index contributed by atoms with van der Waals surface area (Å²) in [7, 11) is 0. The van der Waals surface area contributed by atoms with Gasteiger partial charge in [-0.2, -0.15) is 15.2 Å². The molecule has 1 aliphatic rings. The van der Waals surface area contributed by atoms with Crippen molar-refractivity contribution in [2.24, 2.45) is 10.2 Å². The average Bonchev–Trinajstić information content (AvgIpc) is 3.08. The highest BCUT2D eigenvalue weighted by Gasteiger charge is 2.31. The van der Waals surface area contributed by atoms with Crippen molar-refractivity contribution in [3.63, 3.8) is 0 Å². The highest BCUT2D eigenvalue weighted by atomic mass is 16.4. The van der Waals surface area contributed by atoms with Gasteiger partial charge in [-0.3, -0.25) is 10.2 Å². The van der Waals surface area contributed by atoms with E-state index < -0.39 is 11.9 Å². The van der Waals surface area contributed by atoms with Crippen LogP contribution in [0.25, 0.3) is 11.1 Å². The summed E-state index contributed by atoms with van der Waals surface area (Å²) in [6.45, 7) is 5.66. The second-order valence-corrected chi connectivity index (χ2v) is 7.73. The number of rotatable bonds is 5. The van der Waals surface area contributed by atoms with Crippen LogP contribution in [0.2, 0.25) is 0 Å². The van der Waals surface area contributed by atoms with Crippen LogP contribution in [0.15, 0.2) is 70.9 Å². The van der Waals surface area contributed by atoms with Gasteiger partial charge < -0.3 is 10.2 Å². The number of para-hydroxylation sites is 1. The lowest BCUT2D eigenvalue weighted by Crippen LogP contribution is -2.28. The van der Waals surface area contributed by atoms with E-state index in [4.69, 9.17) is 0 Å². The maximum atomic E-state index is 12.9. The van der Waals surface area contributed by atoms with Gasteiger partial charge in [-0.05, 0) is 61.7 Å². The van der Waals surface area contributed by atoms with Crippen molar-refractivity contribution in [3.8, 4) is 16.9 Å². The number of nitrogens with zero attached hydrogens (tertiary/aromatic N) is 3. The van der Waals surface area contributed by atoms with Crippen molar-refractivity contribution in [3.05, 3.63) is 77.4 Å². The number of aromatic hydroxyl groups is 1. The van der Waals surface area contributed by atoms with Crippen LogP contribution in [0.3, 0.4) is 0 Å². The standard InChI is InChI=1S/C25H22N4O4/c1-14-10-11-17(12-15(14)2)20-8-5-9-21(23(20)30)26-27-22-16(3)28-29(24(22)31)19-7-4-6-18(13-19)25(32)33/h4-13,26,30H,1-3H3,(H,32,33)/b27-22-. The Morgan fingerprint density at radius 2 is 1.76 bits per heavy atom. The van der Waals surface area contributed by atoms with Gasteiger partial charge in [0.15, 0.2) is 5.71 Å².